The Morgan fingerprint density at radius 1 is 1.37 bits per heavy atom. The summed E-state index contributed by atoms with van der Waals surface area (Å²) >= 11 is 0. The van der Waals surface area contributed by atoms with Gasteiger partial charge in [-0.25, -0.2) is 0 Å². The van der Waals surface area contributed by atoms with Crippen molar-refractivity contribution in [2.75, 3.05) is 26.8 Å². The summed E-state index contributed by atoms with van der Waals surface area (Å²) in [5.41, 5.74) is 1.75. The molecule has 0 bridgehead atoms. The minimum absolute atomic E-state index is 0.143. The number of aryl methyl sites for hydroxylation is 4. The average molecular weight is 375 g/mol. The number of likely N-dealkylation sites (tertiary alicyclic amines) is 1. The van der Waals surface area contributed by atoms with E-state index in [1.54, 1.807) is 14.0 Å². The molecule has 0 aromatic carbocycles. The molecule has 1 aliphatic rings. The van der Waals surface area contributed by atoms with E-state index in [-0.39, 0.29) is 11.3 Å². The monoisotopic (exact) mass is 375 g/mol. The molecule has 0 N–H and O–H groups in total. The van der Waals surface area contributed by atoms with Crippen LogP contribution in [-0.2, 0) is 21.5 Å². The largest absolute Gasteiger partial charge is 0.385 e. The third kappa shape index (κ3) is 4.37. The number of nitrogens with zero attached hydrogens (tertiary/aromatic N) is 5. The van der Waals surface area contributed by atoms with E-state index in [1.165, 1.54) is 0 Å². The Morgan fingerprint density at radius 3 is 2.81 bits per heavy atom. The highest BCUT2D eigenvalue weighted by atomic mass is 16.5. The highest BCUT2D eigenvalue weighted by molar-refractivity contribution is 5.76. The lowest BCUT2D eigenvalue weighted by atomic mass is 9.76. The fourth-order valence-electron chi connectivity index (χ4n) is 3.92. The molecule has 1 unspecified atom stereocenters. The second-order valence-corrected chi connectivity index (χ2v) is 7.48. The van der Waals surface area contributed by atoms with E-state index in [0.717, 1.165) is 37.2 Å². The number of piperidine rings is 1. The third-order valence-electron chi connectivity index (χ3n) is 5.36. The molecule has 8 heteroatoms. The molecule has 0 saturated carbocycles. The van der Waals surface area contributed by atoms with Crippen LogP contribution >= 0.6 is 0 Å². The molecule has 0 spiro atoms. The van der Waals surface area contributed by atoms with Crippen LogP contribution in [0.4, 0.5) is 0 Å². The Balaban J connectivity index is 1.70. The summed E-state index contributed by atoms with van der Waals surface area (Å²) in [5.74, 6) is 1.38. The summed E-state index contributed by atoms with van der Waals surface area (Å²) in [6.45, 7) is 8.34. The fraction of sp³-hybridized carbons (Fsp3) is 0.684. The van der Waals surface area contributed by atoms with Crippen molar-refractivity contribution in [1.29, 1.82) is 0 Å². The van der Waals surface area contributed by atoms with Gasteiger partial charge in [-0.15, -0.1) is 0 Å². The topological polar surface area (TPSA) is 86.3 Å². The van der Waals surface area contributed by atoms with E-state index in [4.69, 9.17) is 9.26 Å². The van der Waals surface area contributed by atoms with Gasteiger partial charge in [0.25, 0.3) is 0 Å². The molecular weight excluding hydrogens is 346 g/mol. The lowest BCUT2D eigenvalue weighted by molar-refractivity contribution is -0.134. The highest BCUT2D eigenvalue weighted by Gasteiger charge is 2.41. The quantitative estimate of drug-likeness (QED) is 0.737. The summed E-state index contributed by atoms with van der Waals surface area (Å²) in [6.07, 6.45) is 3.05. The van der Waals surface area contributed by atoms with E-state index in [1.807, 2.05) is 29.5 Å². The van der Waals surface area contributed by atoms with Gasteiger partial charge in [-0.2, -0.15) is 10.1 Å². The Hall–Kier alpha value is -2.22. The fourth-order valence-corrected chi connectivity index (χ4v) is 3.92. The first-order chi connectivity index (χ1) is 12.9. The minimum Gasteiger partial charge on any atom is -0.385 e. The number of ether oxygens (including phenoxy) is 1. The van der Waals surface area contributed by atoms with Crippen LogP contribution in [0.2, 0.25) is 0 Å². The van der Waals surface area contributed by atoms with Crippen molar-refractivity contribution in [2.24, 2.45) is 0 Å². The van der Waals surface area contributed by atoms with E-state index in [9.17, 15) is 4.79 Å². The average Bonchev–Trinajstić information content (AvgIpc) is 3.23. The van der Waals surface area contributed by atoms with Crippen LogP contribution in [0.5, 0.6) is 0 Å². The molecule has 1 amide bonds. The van der Waals surface area contributed by atoms with Gasteiger partial charge in [-0.1, -0.05) is 5.16 Å². The first kappa shape index (κ1) is 19.5. The summed E-state index contributed by atoms with van der Waals surface area (Å²) < 4.78 is 12.4. The summed E-state index contributed by atoms with van der Waals surface area (Å²) in [7, 11) is 1.69. The first-order valence-electron chi connectivity index (χ1n) is 9.52. The molecule has 27 heavy (non-hydrogen) atoms. The molecule has 2 aromatic rings. The molecule has 1 fully saturated rings. The van der Waals surface area contributed by atoms with E-state index in [0.29, 0.717) is 37.8 Å². The maximum Gasteiger partial charge on any atom is 0.224 e. The van der Waals surface area contributed by atoms with Crippen molar-refractivity contribution in [1.82, 2.24) is 24.8 Å². The molecule has 1 aliphatic heterocycles. The summed E-state index contributed by atoms with van der Waals surface area (Å²) in [4.78, 5) is 19.3. The van der Waals surface area contributed by atoms with Gasteiger partial charge >= 0.3 is 0 Å². The molecule has 0 radical (unpaired) electrons. The Bertz CT molecular complexity index is 784. The maximum absolute atomic E-state index is 12.9. The SMILES string of the molecule is COCCC1(c2noc(C)n2)CCCN(C(=O)CCn2nc(C)cc2C)C1. The van der Waals surface area contributed by atoms with Gasteiger partial charge in [0.15, 0.2) is 5.82 Å². The van der Waals surface area contributed by atoms with Gasteiger partial charge < -0.3 is 14.2 Å². The molecular formula is C19H29N5O3. The van der Waals surface area contributed by atoms with Crippen molar-refractivity contribution in [3.05, 3.63) is 29.2 Å². The van der Waals surface area contributed by atoms with Crippen LogP contribution in [0.25, 0.3) is 0 Å². The lowest BCUT2D eigenvalue weighted by Gasteiger charge is -2.41. The van der Waals surface area contributed by atoms with E-state index >= 15 is 0 Å². The van der Waals surface area contributed by atoms with Crippen molar-refractivity contribution in [3.8, 4) is 0 Å². The third-order valence-corrected chi connectivity index (χ3v) is 5.36. The number of rotatable bonds is 7. The van der Waals surface area contributed by atoms with Gasteiger partial charge in [-0.3, -0.25) is 9.48 Å². The Kier molecular flexibility index (Phi) is 5.94. The second kappa shape index (κ2) is 8.21. The summed E-state index contributed by atoms with van der Waals surface area (Å²) in [6, 6.07) is 2.03. The standard InChI is InChI=1S/C19H29N5O3/c1-14-12-15(2)24(21-14)10-6-17(25)23-9-5-7-19(13-23,8-11-26-4)18-20-16(3)27-22-18/h12H,5-11,13H2,1-4H3. The first-order valence-corrected chi connectivity index (χ1v) is 9.52. The number of hydrogen-bond acceptors (Lipinski definition) is 6. The van der Waals surface area contributed by atoms with Crippen molar-refractivity contribution in [2.45, 2.75) is 58.4 Å². The number of carbonyl (C=O) groups is 1. The number of hydrogen-bond donors (Lipinski definition) is 0. The second-order valence-electron chi connectivity index (χ2n) is 7.48. The van der Waals surface area contributed by atoms with Crippen LogP contribution in [0.1, 0.15) is 48.8 Å². The van der Waals surface area contributed by atoms with Crippen molar-refractivity contribution in [3.63, 3.8) is 0 Å². The maximum atomic E-state index is 12.9. The van der Waals surface area contributed by atoms with Gasteiger partial charge in [0.1, 0.15) is 0 Å². The molecule has 3 heterocycles. The number of methoxy groups -OCH3 is 1. The minimum atomic E-state index is -0.306. The molecule has 2 aromatic heterocycles. The normalized spacial score (nSPS) is 20.2. The lowest BCUT2D eigenvalue weighted by Crippen LogP contribution is -2.49. The number of amides is 1. The van der Waals surface area contributed by atoms with Crippen LogP contribution in [0.3, 0.4) is 0 Å². The zero-order valence-corrected chi connectivity index (χ0v) is 16.7. The summed E-state index contributed by atoms with van der Waals surface area (Å²) in [5, 5.41) is 8.62. The molecule has 8 nitrogen and oxygen atoms in total. The van der Waals surface area contributed by atoms with Crippen molar-refractivity contribution >= 4 is 5.91 Å². The molecule has 3 rings (SSSR count). The van der Waals surface area contributed by atoms with Gasteiger partial charge in [0, 0.05) is 52.4 Å². The van der Waals surface area contributed by atoms with Gasteiger partial charge in [-0.05, 0) is 39.2 Å². The van der Waals surface area contributed by atoms with Crippen LogP contribution < -0.4 is 0 Å². The predicted molar refractivity (Wildman–Crippen MR) is 99.3 cm³/mol. The number of carbonyl (C=O) groups excluding carboxylic acids is 1. The van der Waals surface area contributed by atoms with Crippen LogP contribution in [0.15, 0.2) is 10.6 Å². The Morgan fingerprint density at radius 2 is 2.19 bits per heavy atom. The van der Waals surface area contributed by atoms with Crippen LogP contribution in [-0.4, -0.2) is 57.5 Å². The van der Waals surface area contributed by atoms with Gasteiger partial charge in [0.05, 0.1) is 11.1 Å². The predicted octanol–water partition coefficient (Wildman–Crippen LogP) is 2.18. The Labute approximate surface area is 159 Å². The molecule has 1 atom stereocenters. The van der Waals surface area contributed by atoms with E-state index < -0.39 is 0 Å². The smallest absolute Gasteiger partial charge is 0.224 e. The zero-order chi connectivity index (χ0) is 19.4. The molecule has 1 saturated heterocycles. The highest BCUT2D eigenvalue weighted by Crippen LogP contribution is 2.36. The molecule has 0 aliphatic carbocycles. The van der Waals surface area contributed by atoms with Crippen LogP contribution in [0, 0.1) is 20.8 Å². The van der Waals surface area contributed by atoms with Gasteiger partial charge in [0.2, 0.25) is 11.8 Å². The zero-order valence-electron chi connectivity index (χ0n) is 16.7. The molecule has 148 valence electrons. The number of aromatic nitrogens is 4. The van der Waals surface area contributed by atoms with E-state index in [2.05, 4.69) is 15.2 Å². The van der Waals surface area contributed by atoms with Crippen molar-refractivity contribution < 1.29 is 14.1 Å².